The number of aromatic nitrogens is 2. The lowest BCUT2D eigenvalue weighted by Crippen LogP contribution is -2.62. The van der Waals surface area contributed by atoms with Gasteiger partial charge in [0.2, 0.25) is 11.9 Å². The zero-order valence-corrected chi connectivity index (χ0v) is 45.2. The lowest BCUT2D eigenvalue weighted by Gasteiger charge is -2.51. The van der Waals surface area contributed by atoms with Crippen LogP contribution in [0.4, 0.5) is 10.3 Å². The van der Waals surface area contributed by atoms with Crippen LogP contribution in [0.15, 0.2) is 36.7 Å². The summed E-state index contributed by atoms with van der Waals surface area (Å²) >= 11 is 0. The van der Waals surface area contributed by atoms with Crippen LogP contribution in [0, 0.1) is 23.7 Å². The van der Waals surface area contributed by atoms with Crippen LogP contribution in [0.3, 0.4) is 0 Å². The Morgan fingerprint density at radius 1 is 1.00 bits per heavy atom. The Morgan fingerprint density at radius 2 is 1.63 bits per heavy atom. The van der Waals surface area contributed by atoms with E-state index < -0.39 is 132 Å². The third-order valence-electron chi connectivity index (χ3n) is 16.3. The third kappa shape index (κ3) is 14.1. The quantitative estimate of drug-likeness (QED) is 0.126. The van der Waals surface area contributed by atoms with Crippen molar-refractivity contribution < 1.29 is 68.3 Å². The maximum Gasteiger partial charge on any atom is 0.309 e. The van der Waals surface area contributed by atoms with Gasteiger partial charge in [-0.15, -0.1) is 0 Å². The van der Waals surface area contributed by atoms with Crippen LogP contribution in [0.5, 0.6) is 0 Å². The Hall–Kier alpha value is -3.51. The van der Waals surface area contributed by atoms with Gasteiger partial charge >= 0.3 is 5.97 Å². The summed E-state index contributed by atoms with van der Waals surface area (Å²) in [6, 6.07) is 4.28. The molecular formula is C53H87FN6O13. The first-order valence-electron chi connectivity index (χ1n) is 25.9. The highest BCUT2D eigenvalue weighted by Gasteiger charge is 2.55. The summed E-state index contributed by atoms with van der Waals surface area (Å²) in [7, 11) is 5.06. The second-order valence-electron chi connectivity index (χ2n) is 22.2. The topological polar surface area (TPSA) is 272 Å². The molecule has 0 aliphatic carbocycles. The van der Waals surface area contributed by atoms with Crippen molar-refractivity contribution in [3.8, 4) is 11.1 Å². The number of anilines is 1. The number of aliphatic hydroxyl groups excluding tert-OH is 4. The van der Waals surface area contributed by atoms with Crippen LogP contribution in [0.25, 0.3) is 11.1 Å². The minimum absolute atomic E-state index is 0.102. The van der Waals surface area contributed by atoms with Crippen LogP contribution < -0.4 is 11.1 Å². The van der Waals surface area contributed by atoms with E-state index in [1.807, 2.05) is 32.7 Å². The van der Waals surface area contributed by atoms with Gasteiger partial charge in [0.25, 0.3) is 0 Å². The van der Waals surface area contributed by atoms with E-state index >= 15 is 0 Å². The molecule has 1 aromatic heterocycles. The number of likely N-dealkylation sites (N-methyl/N-ethyl adjacent to an activating group) is 2. The predicted molar refractivity (Wildman–Crippen MR) is 271 cm³/mol. The van der Waals surface area contributed by atoms with Crippen molar-refractivity contribution >= 4 is 17.8 Å². The molecule has 20 atom stereocenters. The molecule has 1 amide bonds. The molecule has 73 heavy (non-hydrogen) atoms. The van der Waals surface area contributed by atoms with E-state index in [1.165, 1.54) is 14.0 Å². The number of methoxy groups -OCH3 is 1. The van der Waals surface area contributed by atoms with Crippen molar-refractivity contribution in [1.82, 2.24) is 25.1 Å². The number of halogens is 1. The van der Waals surface area contributed by atoms with Crippen LogP contribution in [0.1, 0.15) is 113 Å². The summed E-state index contributed by atoms with van der Waals surface area (Å²) in [5.74, 6) is -3.82. The summed E-state index contributed by atoms with van der Waals surface area (Å²) in [6.07, 6.45) is -6.71. The summed E-state index contributed by atoms with van der Waals surface area (Å²) < 4.78 is 46.4. The Labute approximate surface area is 431 Å². The van der Waals surface area contributed by atoms with E-state index in [2.05, 4.69) is 15.3 Å². The monoisotopic (exact) mass is 1030 g/mol. The maximum atomic E-state index is 14.6. The van der Waals surface area contributed by atoms with E-state index in [0.717, 1.165) is 5.56 Å². The number of aliphatic hydroxyl groups is 6. The van der Waals surface area contributed by atoms with Crippen molar-refractivity contribution in [2.45, 2.75) is 197 Å². The molecule has 3 aliphatic heterocycles. The first-order chi connectivity index (χ1) is 34.1. The van der Waals surface area contributed by atoms with Gasteiger partial charge in [-0.2, -0.15) is 0 Å². The van der Waals surface area contributed by atoms with Crippen LogP contribution in [-0.4, -0.2) is 193 Å². The molecule has 0 radical (unpaired) electrons. The number of esters is 1. The minimum atomic E-state index is -1.85. The maximum absolute atomic E-state index is 14.6. The van der Waals surface area contributed by atoms with Gasteiger partial charge < -0.3 is 75.2 Å². The molecule has 0 saturated carbocycles. The van der Waals surface area contributed by atoms with Gasteiger partial charge in [0, 0.05) is 69.0 Å². The number of carbonyl (C=O) groups excluding carboxylic acids is 2. The number of amides is 1. The van der Waals surface area contributed by atoms with Crippen molar-refractivity contribution in [3.05, 3.63) is 42.2 Å². The largest absolute Gasteiger partial charge is 0.459 e. The summed E-state index contributed by atoms with van der Waals surface area (Å²) in [4.78, 5) is 39.7. The summed E-state index contributed by atoms with van der Waals surface area (Å²) in [5, 5.41) is 73.7. The number of rotatable bonds is 14. The third-order valence-corrected chi connectivity index (χ3v) is 16.3. The number of hydrogen-bond donors (Lipinski definition) is 8. The highest BCUT2D eigenvalue weighted by atomic mass is 19.1. The van der Waals surface area contributed by atoms with E-state index in [-0.39, 0.29) is 44.1 Å². The number of alkyl halides is 1. The number of nitrogens with one attached hydrogen (secondary N) is 1. The molecular weight excluding hydrogens is 948 g/mol. The molecule has 0 spiro atoms. The molecule has 3 fully saturated rings. The molecule has 19 nitrogen and oxygen atoms in total. The zero-order chi connectivity index (χ0) is 54.5. The molecule has 0 bridgehead atoms. The number of benzene rings is 1. The standard InChI is InChI=1S/C53H87FN6O13/c1-14-40-53(10,68)45(64)32(6)60(12)27-28(2)22-51(8,67)47(30(4)42(31(5)48(66)72-40)39-23-52(9,69-13)46(65)33(7)71-39)73-49-44(63)38(21-29(3)70-49)59(11)20-19-41(61)58-37(24-54)43(62)35-17-15-34(16-18-35)36-25-56-50(55)57-26-36/h15-18,25-26,28-33,37-40,42-47,49,62-65,67-68H,14,19-24,27H2,1-13H3,(H,58,61)(H2,55,56,57)/t28-,29-,30+,31-,32-,33+,37-,38+,39-,40-,42?,43-,44-,45-,46+,47-,49+,51-,52-,53-/m1/s1. The molecule has 3 aliphatic rings. The number of ether oxygens (including phenoxy) is 5. The smallest absolute Gasteiger partial charge is 0.309 e. The number of nitrogen functional groups attached to an aromatic ring is 1. The molecule has 9 N–H and O–H groups in total. The van der Waals surface area contributed by atoms with Crippen molar-refractivity contribution in [2.75, 3.05) is 46.7 Å². The van der Waals surface area contributed by atoms with E-state index in [9.17, 15) is 44.6 Å². The number of cyclic esters (lactones) is 1. The van der Waals surface area contributed by atoms with Gasteiger partial charge in [-0.25, -0.2) is 14.4 Å². The fourth-order valence-corrected chi connectivity index (χ4v) is 11.7. The molecule has 20 heteroatoms. The Kier molecular flexibility index (Phi) is 20.8. The average molecular weight is 1040 g/mol. The molecule has 1 aromatic carbocycles. The summed E-state index contributed by atoms with van der Waals surface area (Å²) in [5.41, 5.74) is 2.84. The predicted octanol–water partition coefficient (Wildman–Crippen LogP) is 3.16. The Morgan fingerprint density at radius 3 is 2.22 bits per heavy atom. The number of hydrogen-bond acceptors (Lipinski definition) is 18. The molecule has 1 unspecified atom stereocenters. The fourth-order valence-electron chi connectivity index (χ4n) is 11.7. The van der Waals surface area contributed by atoms with Gasteiger partial charge in [-0.1, -0.05) is 52.0 Å². The molecule has 5 rings (SSSR count). The van der Waals surface area contributed by atoms with E-state index in [4.69, 9.17) is 29.4 Å². The number of nitrogens with zero attached hydrogens (tertiary/aromatic N) is 4. The minimum Gasteiger partial charge on any atom is -0.459 e. The number of nitrogens with two attached hydrogens (primary N) is 1. The fraction of sp³-hybridized carbons (Fsp3) is 0.774. The first-order valence-corrected chi connectivity index (χ1v) is 25.9. The van der Waals surface area contributed by atoms with Crippen LogP contribution in [-0.2, 0) is 33.3 Å². The zero-order valence-electron chi connectivity index (χ0n) is 45.2. The van der Waals surface area contributed by atoms with Crippen LogP contribution in [0.2, 0.25) is 0 Å². The van der Waals surface area contributed by atoms with Crippen molar-refractivity contribution in [2.24, 2.45) is 23.7 Å². The highest BCUT2D eigenvalue weighted by Crippen LogP contribution is 2.45. The molecule has 414 valence electrons. The van der Waals surface area contributed by atoms with E-state index in [0.29, 0.717) is 24.1 Å². The second kappa shape index (κ2) is 25.1. The normalized spacial score (nSPS) is 39.5. The summed E-state index contributed by atoms with van der Waals surface area (Å²) in [6.45, 7) is 17.0. The van der Waals surface area contributed by atoms with Gasteiger partial charge in [0.05, 0.1) is 47.6 Å². The Bertz CT molecular complexity index is 2080. The lowest BCUT2D eigenvalue weighted by molar-refractivity contribution is -0.302. The van der Waals surface area contributed by atoms with Gasteiger partial charge in [0.15, 0.2) is 6.29 Å². The van der Waals surface area contributed by atoms with E-state index in [1.54, 1.807) is 90.1 Å². The molecule has 3 saturated heterocycles. The highest BCUT2D eigenvalue weighted by molar-refractivity contribution is 5.76. The number of carbonyl (C=O) groups is 2. The lowest BCUT2D eigenvalue weighted by atomic mass is 9.68. The van der Waals surface area contributed by atoms with Gasteiger partial charge in [0.1, 0.15) is 42.8 Å². The Balaban J connectivity index is 1.41. The first kappa shape index (κ1) is 60.4. The van der Waals surface area contributed by atoms with Crippen LogP contribution >= 0.6 is 0 Å². The van der Waals surface area contributed by atoms with Crippen molar-refractivity contribution in [1.29, 1.82) is 0 Å². The SMILES string of the molecule is CC[C@H]1OC(=O)[C@H](C)C([C@H]2C[C@@](C)(OC)[C@@H](O)[C@H](C)O2)[C@H](C)[C@@H](O[C@@H]2O[C@H](C)C[C@H](N(C)CCC(=O)N[C@H](CF)[C@H](O)c3ccc(-c4cnc(N)nc4)cc3)[C@H]2O)[C@](C)(O)C[C@@H](C)CN(C)[C@H](C)[C@@H](O)[C@]1(C)O. The molecule has 4 heterocycles. The van der Waals surface area contributed by atoms with Gasteiger partial charge in [-0.05, 0) is 97.9 Å². The van der Waals surface area contributed by atoms with Crippen molar-refractivity contribution in [3.63, 3.8) is 0 Å². The molecule has 2 aromatic rings. The van der Waals surface area contributed by atoms with Gasteiger partial charge in [-0.3, -0.25) is 9.59 Å². The average Bonchev–Trinajstić information content (AvgIpc) is 3.34. The second-order valence-corrected chi connectivity index (χ2v) is 22.2.